The highest BCUT2D eigenvalue weighted by Gasteiger charge is 2.35. The van der Waals surface area contributed by atoms with Crippen LogP contribution in [0.2, 0.25) is 0 Å². The Labute approximate surface area is 230 Å². The van der Waals surface area contributed by atoms with Gasteiger partial charge in [0.15, 0.2) is 11.5 Å². The Bertz CT molecular complexity index is 1710. The maximum atomic E-state index is 13.3. The number of fused-ring (bicyclic) bond motifs is 1. The summed E-state index contributed by atoms with van der Waals surface area (Å²) in [7, 11) is 0. The van der Waals surface area contributed by atoms with E-state index in [1.165, 1.54) is 10.9 Å². The maximum absolute atomic E-state index is 13.3. The van der Waals surface area contributed by atoms with Crippen molar-refractivity contribution in [3.63, 3.8) is 0 Å². The van der Waals surface area contributed by atoms with Crippen molar-refractivity contribution in [2.45, 2.75) is 57.9 Å². The van der Waals surface area contributed by atoms with Crippen LogP contribution in [0.4, 0.5) is 22.0 Å². The molecule has 1 aliphatic carbocycles. The molecular formula is C28H24F5N7O. The van der Waals surface area contributed by atoms with Gasteiger partial charge in [0.1, 0.15) is 17.7 Å². The smallest absolute Gasteiger partial charge is 0.416 e. The Morgan fingerprint density at radius 3 is 2.46 bits per heavy atom. The number of hydrogen-bond acceptors (Lipinski definition) is 6. The number of rotatable bonds is 8. The van der Waals surface area contributed by atoms with E-state index in [0.29, 0.717) is 28.7 Å². The Balaban J connectivity index is 1.32. The average molecular weight is 570 g/mol. The van der Waals surface area contributed by atoms with Gasteiger partial charge in [-0.25, -0.2) is 24.9 Å². The van der Waals surface area contributed by atoms with Gasteiger partial charge in [-0.2, -0.15) is 22.0 Å². The van der Waals surface area contributed by atoms with Crippen molar-refractivity contribution in [1.29, 1.82) is 0 Å². The Morgan fingerprint density at radius 1 is 1.05 bits per heavy atom. The van der Waals surface area contributed by atoms with Gasteiger partial charge in [-0.05, 0) is 32.3 Å². The van der Waals surface area contributed by atoms with Crippen LogP contribution in [0, 0.1) is 0 Å². The largest absolute Gasteiger partial charge is 0.434 e. The predicted octanol–water partition coefficient (Wildman–Crippen LogP) is 6.95. The van der Waals surface area contributed by atoms with Crippen molar-refractivity contribution in [3.05, 3.63) is 71.7 Å². The van der Waals surface area contributed by atoms with Gasteiger partial charge in [0.25, 0.3) is 0 Å². The Morgan fingerprint density at radius 2 is 1.80 bits per heavy atom. The fourth-order valence-electron chi connectivity index (χ4n) is 4.78. The van der Waals surface area contributed by atoms with Crippen LogP contribution in [0.1, 0.15) is 61.2 Å². The van der Waals surface area contributed by atoms with Crippen molar-refractivity contribution >= 4 is 11.0 Å². The molecule has 0 spiro atoms. The van der Waals surface area contributed by atoms with Gasteiger partial charge in [-0.15, -0.1) is 0 Å². The monoisotopic (exact) mass is 569 g/mol. The van der Waals surface area contributed by atoms with Crippen molar-refractivity contribution in [3.8, 4) is 28.7 Å². The second-order valence-electron chi connectivity index (χ2n) is 10.2. The number of aromatic nitrogens is 7. The summed E-state index contributed by atoms with van der Waals surface area (Å²) in [5.74, 6) is 0.266. The minimum Gasteiger partial charge on any atom is -0.416 e. The molecule has 0 bridgehead atoms. The summed E-state index contributed by atoms with van der Waals surface area (Å²) in [6.07, 6.45) is 3.26. The predicted molar refractivity (Wildman–Crippen MR) is 139 cm³/mol. The van der Waals surface area contributed by atoms with Crippen LogP contribution in [0.25, 0.3) is 33.8 Å². The first kappa shape index (κ1) is 26.8. The number of H-pyrrole nitrogens is 1. The van der Waals surface area contributed by atoms with E-state index in [9.17, 15) is 22.0 Å². The first-order valence-electron chi connectivity index (χ1n) is 13.0. The zero-order valence-electron chi connectivity index (χ0n) is 22.0. The number of benzene rings is 1. The quantitative estimate of drug-likeness (QED) is 0.203. The van der Waals surface area contributed by atoms with Gasteiger partial charge in [-0.3, -0.25) is 0 Å². The van der Waals surface area contributed by atoms with Crippen LogP contribution in [0.15, 0.2) is 49.2 Å². The van der Waals surface area contributed by atoms with E-state index >= 15 is 0 Å². The lowest BCUT2D eigenvalue weighted by Crippen LogP contribution is -2.08. The van der Waals surface area contributed by atoms with E-state index in [1.54, 1.807) is 38.4 Å². The summed E-state index contributed by atoms with van der Waals surface area (Å²) in [5, 5.41) is 0. The zero-order chi connectivity index (χ0) is 28.9. The first-order valence-corrected chi connectivity index (χ1v) is 13.0. The van der Waals surface area contributed by atoms with Gasteiger partial charge < -0.3 is 14.3 Å². The van der Waals surface area contributed by atoms with Crippen LogP contribution in [-0.2, 0) is 12.6 Å². The van der Waals surface area contributed by atoms with E-state index in [0.717, 1.165) is 30.2 Å². The molecule has 0 atom stereocenters. The molecular weight excluding hydrogens is 545 g/mol. The number of ether oxygens (including phenoxy) is 1. The fourth-order valence-corrected chi connectivity index (χ4v) is 4.78. The van der Waals surface area contributed by atoms with Gasteiger partial charge in [0.05, 0.1) is 22.9 Å². The lowest BCUT2D eigenvalue weighted by molar-refractivity contribution is -0.140. The van der Waals surface area contributed by atoms with Crippen LogP contribution < -0.4 is 4.74 Å². The minimum absolute atomic E-state index is 0.107. The number of nitrogens with one attached hydrogen (secondary N) is 1. The molecule has 13 heteroatoms. The number of hydrogen-bond donors (Lipinski definition) is 1. The normalized spacial score (nSPS) is 14.0. The fraction of sp³-hybridized carbons (Fsp3) is 0.321. The molecule has 1 saturated carbocycles. The van der Waals surface area contributed by atoms with Crippen molar-refractivity contribution in [1.82, 2.24) is 34.5 Å². The highest BCUT2D eigenvalue weighted by molar-refractivity contribution is 5.81. The topological polar surface area (TPSA) is 94.4 Å². The zero-order valence-corrected chi connectivity index (χ0v) is 22.0. The molecule has 1 aliphatic rings. The molecule has 0 amide bonds. The van der Waals surface area contributed by atoms with E-state index in [2.05, 4.69) is 29.7 Å². The Hall–Kier alpha value is -4.42. The molecule has 1 aromatic carbocycles. The van der Waals surface area contributed by atoms with E-state index < -0.39 is 18.5 Å². The van der Waals surface area contributed by atoms with Gasteiger partial charge in [-0.1, -0.05) is 24.3 Å². The summed E-state index contributed by atoms with van der Waals surface area (Å²) >= 11 is 0. The number of nitrogens with zero attached hydrogens (tertiary/aromatic N) is 6. The number of aromatic amines is 1. The van der Waals surface area contributed by atoms with E-state index in [4.69, 9.17) is 4.98 Å². The molecule has 1 N–H and O–H groups in total. The molecule has 8 nitrogen and oxygen atoms in total. The third-order valence-corrected chi connectivity index (χ3v) is 6.91. The van der Waals surface area contributed by atoms with Crippen molar-refractivity contribution in [2.24, 2.45) is 0 Å². The number of halogens is 5. The van der Waals surface area contributed by atoms with Gasteiger partial charge >= 0.3 is 12.8 Å². The molecule has 4 aromatic heterocycles. The second kappa shape index (κ2) is 10.2. The molecule has 0 radical (unpaired) electrons. The lowest BCUT2D eigenvalue weighted by Gasteiger charge is -2.12. The van der Waals surface area contributed by atoms with E-state index in [1.807, 2.05) is 12.1 Å². The maximum Gasteiger partial charge on any atom is 0.434 e. The molecule has 212 valence electrons. The van der Waals surface area contributed by atoms with Crippen molar-refractivity contribution < 1.29 is 26.7 Å². The summed E-state index contributed by atoms with van der Waals surface area (Å²) in [6.45, 7) is 0.527. The lowest BCUT2D eigenvalue weighted by atomic mass is 10.0. The summed E-state index contributed by atoms with van der Waals surface area (Å²) < 4.78 is 72.4. The van der Waals surface area contributed by atoms with E-state index in [-0.39, 0.29) is 35.1 Å². The minimum atomic E-state index is -4.54. The number of imidazole rings is 1. The molecule has 41 heavy (non-hydrogen) atoms. The van der Waals surface area contributed by atoms with Crippen molar-refractivity contribution in [2.75, 3.05) is 0 Å². The average Bonchev–Trinajstić information content (AvgIpc) is 3.54. The molecule has 6 rings (SSSR count). The molecule has 1 fully saturated rings. The molecule has 0 unspecified atom stereocenters. The Kier molecular flexibility index (Phi) is 6.66. The van der Waals surface area contributed by atoms with Crippen LogP contribution in [0.3, 0.4) is 0 Å². The highest BCUT2D eigenvalue weighted by atomic mass is 19.4. The summed E-state index contributed by atoms with van der Waals surface area (Å²) in [5.41, 5.74) is 3.42. The third-order valence-electron chi connectivity index (χ3n) is 6.91. The molecule has 0 aliphatic heterocycles. The van der Waals surface area contributed by atoms with Crippen LogP contribution in [-0.4, -0.2) is 41.1 Å². The SMILES string of the molecule is CC(C)n1cc(C(F)(F)F)nc1-c1ccc(Cc2c[nH]c3cnc(-c4c(OC(F)F)ncnc4C4CC4)nc23)cc1. The first-order chi connectivity index (χ1) is 19.6. The van der Waals surface area contributed by atoms with Gasteiger partial charge in [0.2, 0.25) is 5.88 Å². The molecule has 4 heterocycles. The second-order valence-corrected chi connectivity index (χ2v) is 10.2. The summed E-state index contributed by atoms with van der Waals surface area (Å²) in [4.78, 5) is 24.3. The van der Waals surface area contributed by atoms with Crippen LogP contribution >= 0.6 is 0 Å². The standard InChI is InChI=1S/C28H24F5N7O/c1-14(2)40-12-20(28(31,32)33)38-25(40)17-5-3-15(4-6-17)9-18-10-34-19-11-35-24(39-22(18)19)21-23(16-7-8-16)36-13-37-26(21)41-27(29)30/h3-6,10-14,16,27,34H,7-9H2,1-2H3. The number of alkyl halides is 5. The molecule has 5 aromatic rings. The summed E-state index contributed by atoms with van der Waals surface area (Å²) in [6, 6.07) is 6.92. The van der Waals surface area contributed by atoms with Crippen LogP contribution in [0.5, 0.6) is 5.88 Å². The third kappa shape index (κ3) is 5.35. The highest BCUT2D eigenvalue weighted by Crippen LogP contribution is 2.45. The van der Waals surface area contributed by atoms with Gasteiger partial charge in [0, 0.05) is 41.9 Å². The molecule has 0 saturated heterocycles.